The summed E-state index contributed by atoms with van der Waals surface area (Å²) in [6, 6.07) is 0. The fraction of sp³-hybridized carbons (Fsp3) is 0.846. The lowest BCUT2D eigenvalue weighted by atomic mass is 9.81. The molecule has 0 heterocycles. The highest BCUT2D eigenvalue weighted by atomic mass is 16.4. The Morgan fingerprint density at radius 2 is 1.71 bits per heavy atom. The zero-order valence-electron chi connectivity index (χ0n) is 10.4. The molecule has 0 bridgehead atoms. The molecule has 2 unspecified atom stereocenters. The second kappa shape index (κ2) is 6.62. The molecular formula is C13H22O4. The average molecular weight is 242 g/mol. The van der Waals surface area contributed by atoms with Gasteiger partial charge in [0.15, 0.2) is 0 Å². The van der Waals surface area contributed by atoms with Gasteiger partial charge in [-0.3, -0.25) is 9.59 Å². The van der Waals surface area contributed by atoms with Crippen molar-refractivity contribution >= 4 is 11.9 Å². The van der Waals surface area contributed by atoms with Crippen molar-refractivity contribution < 1.29 is 19.8 Å². The van der Waals surface area contributed by atoms with Crippen LogP contribution in [-0.4, -0.2) is 22.2 Å². The van der Waals surface area contributed by atoms with Gasteiger partial charge in [-0.25, -0.2) is 0 Å². The fourth-order valence-corrected chi connectivity index (χ4v) is 2.65. The number of hydrogen-bond donors (Lipinski definition) is 2. The van der Waals surface area contributed by atoms with E-state index in [1.807, 2.05) is 0 Å². The number of carboxylic acids is 2. The number of aliphatic carboxylic acids is 2. The van der Waals surface area contributed by atoms with Gasteiger partial charge >= 0.3 is 11.9 Å². The largest absolute Gasteiger partial charge is 0.481 e. The van der Waals surface area contributed by atoms with Crippen LogP contribution in [0.1, 0.15) is 51.9 Å². The van der Waals surface area contributed by atoms with Crippen molar-refractivity contribution in [2.45, 2.75) is 51.9 Å². The maximum atomic E-state index is 11.1. The third-order valence-corrected chi connectivity index (χ3v) is 3.92. The molecule has 0 amide bonds. The molecular weight excluding hydrogens is 220 g/mol. The van der Waals surface area contributed by atoms with Crippen LogP contribution in [0.25, 0.3) is 0 Å². The first-order valence-corrected chi connectivity index (χ1v) is 6.48. The molecule has 1 rings (SSSR count). The van der Waals surface area contributed by atoms with Crippen molar-refractivity contribution in [3.05, 3.63) is 0 Å². The number of hydrogen-bond acceptors (Lipinski definition) is 2. The number of carbonyl (C=O) groups is 2. The van der Waals surface area contributed by atoms with Crippen molar-refractivity contribution in [1.29, 1.82) is 0 Å². The summed E-state index contributed by atoms with van der Waals surface area (Å²) >= 11 is 0. The van der Waals surface area contributed by atoms with Gasteiger partial charge in [-0.2, -0.15) is 0 Å². The van der Waals surface area contributed by atoms with Gasteiger partial charge in [0.2, 0.25) is 0 Å². The molecule has 0 aliphatic heterocycles. The molecule has 1 fully saturated rings. The third kappa shape index (κ3) is 4.36. The predicted octanol–water partition coefficient (Wildman–Crippen LogP) is 2.77. The van der Waals surface area contributed by atoms with Crippen LogP contribution in [0.4, 0.5) is 0 Å². The van der Waals surface area contributed by atoms with Crippen molar-refractivity contribution in [3.8, 4) is 0 Å². The Labute approximate surface area is 102 Å². The zero-order chi connectivity index (χ0) is 12.8. The molecule has 0 aromatic heterocycles. The summed E-state index contributed by atoms with van der Waals surface area (Å²) in [6.07, 6.45) is 7.45. The smallest absolute Gasteiger partial charge is 0.307 e. The normalized spacial score (nSPS) is 20.8. The molecule has 0 aromatic carbocycles. The van der Waals surface area contributed by atoms with E-state index in [1.54, 1.807) is 0 Å². The lowest BCUT2D eigenvalue weighted by molar-refractivity contribution is -0.153. The molecule has 4 nitrogen and oxygen atoms in total. The minimum Gasteiger partial charge on any atom is -0.481 e. The monoisotopic (exact) mass is 242 g/mol. The highest BCUT2D eigenvalue weighted by Gasteiger charge is 2.30. The van der Waals surface area contributed by atoms with E-state index in [4.69, 9.17) is 10.2 Å². The van der Waals surface area contributed by atoms with Crippen LogP contribution in [0.2, 0.25) is 0 Å². The van der Waals surface area contributed by atoms with Gasteiger partial charge in [0, 0.05) is 0 Å². The van der Waals surface area contributed by atoms with Crippen LogP contribution in [0.15, 0.2) is 0 Å². The summed E-state index contributed by atoms with van der Waals surface area (Å²) in [5, 5.41) is 17.9. The van der Waals surface area contributed by atoms with Crippen molar-refractivity contribution in [2.24, 2.45) is 17.8 Å². The molecule has 0 aromatic rings. The van der Waals surface area contributed by atoms with E-state index in [-0.39, 0.29) is 0 Å². The maximum absolute atomic E-state index is 11.1. The standard InChI is InChI=1S/C13H22O4/c1-9(12(14)15)11(13(16)17)8-7-10-5-3-2-4-6-10/h9-11H,2-8H2,1H3,(H,14,15)(H,16,17). The highest BCUT2D eigenvalue weighted by molar-refractivity contribution is 5.79. The van der Waals surface area contributed by atoms with E-state index in [1.165, 1.54) is 39.0 Å². The first-order chi connectivity index (χ1) is 8.02. The molecule has 0 radical (unpaired) electrons. The molecule has 17 heavy (non-hydrogen) atoms. The summed E-state index contributed by atoms with van der Waals surface area (Å²) < 4.78 is 0. The Kier molecular flexibility index (Phi) is 5.45. The molecule has 1 aliphatic rings. The minimum absolute atomic E-state index is 0.494. The summed E-state index contributed by atoms with van der Waals surface area (Å²) in [4.78, 5) is 21.9. The Hall–Kier alpha value is -1.06. The molecule has 1 aliphatic carbocycles. The third-order valence-electron chi connectivity index (χ3n) is 3.92. The Bertz CT molecular complexity index is 269. The van der Waals surface area contributed by atoms with Gasteiger partial charge < -0.3 is 10.2 Å². The fourth-order valence-electron chi connectivity index (χ4n) is 2.65. The van der Waals surface area contributed by atoms with E-state index in [0.29, 0.717) is 12.3 Å². The Morgan fingerprint density at radius 3 is 2.18 bits per heavy atom. The van der Waals surface area contributed by atoms with Gasteiger partial charge in [0.05, 0.1) is 11.8 Å². The van der Waals surface area contributed by atoms with E-state index >= 15 is 0 Å². The van der Waals surface area contributed by atoms with Crippen LogP contribution in [0.5, 0.6) is 0 Å². The molecule has 0 saturated heterocycles. The second-order valence-corrected chi connectivity index (χ2v) is 5.15. The van der Waals surface area contributed by atoms with Crippen LogP contribution in [-0.2, 0) is 9.59 Å². The minimum atomic E-state index is -1.01. The predicted molar refractivity (Wildman–Crippen MR) is 63.7 cm³/mol. The van der Waals surface area contributed by atoms with Crippen molar-refractivity contribution in [3.63, 3.8) is 0 Å². The second-order valence-electron chi connectivity index (χ2n) is 5.15. The Balaban J connectivity index is 2.43. The zero-order valence-corrected chi connectivity index (χ0v) is 10.4. The molecule has 1 saturated carbocycles. The maximum Gasteiger partial charge on any atom is 0.307 e. The average Bonchev–Trinajstić information content (AvgIpc) is 2.29. The topological polar surface area (TPSA) is 74.6 Å². The van der Waals surface area contributed by atoms with Crippen LogP contribution < -0.4 is 0 Å². The molecule has 98 valence electrons. The van der Waals surface area contributed by atoms with E-state index < -0.39 is 23.8 Å². The highest BCUT2D eigenvalue weighted by Crippen LogP contribution is 2.30. The summed E-state index contributed by atoms with van der Waals surface area (Å²) in [7, 11) is 0. The van der Waals surface area contributed by atoms with E-state index in [9.17, 15) is 9.59 Å². The van der Waals surface area contributed by atoms with E-state index in [0.717, 1.165) is 6.42 Å². The van der Waals surface area contributed by atoms with Crippen LogP contribution in [0, 0.1) is 17.8 Å². The summed E-state index contributed by atoms with van der Waals surface area (Å²) in [5.41, 5.74) is 0. The first-order valence-electron chi connectivity index (χ1n) is 6.48. The van der Waals surface area contributed by atoms with E-state index in [2.05, 4.69) is 0 Å². The SMILES string of the molecule is CC(C(=O)O)C(CCC1CCCCC1)C(=O)O. The van der Waals surface area contributed by atoms with Crippen LogP contribution >= 0.6 is 0 Å². The van der Waals surface area contributed by atoms with Gasteiger partial charge in [-0.05, 0) is 18.8 Å². The number of carboxylic acid groups (broad SMARTS) is 2. The molecule has 4 heteroatoms. The molecule has 2 atom stereocenters. The quantitative estimate of drug-likeness (QED) is 0.751. The van der Waals surface area contributed by atoms with Gasteiger partial charge in [0.1, 0.15) is 0 Å². The van der Waals surface area contributed by atoms with Crippen molar-refractivity contribution in [1.82, 2.24) is 0 Å². The molecule has 0 spiro atoms. The number of rotatable bonds is 6. The first kappa shape index (κ1) is 14.0. The van der Waals surface area contributed by atoms with Crippen molar-refractivity contribution in [2.75, 3.05) is 0 Å². The Morgan fingerprint density at radius 1 is 1.12 bits per heavy atom. The van der Waals surface area contributed by atoms with Gasteiger partial charge in [-0.1, -0.05) is 39.0 Å². The summed E-state index contributed by atoms with van der Waals surface area (Å²) in [6.45, 7) is 1.49. The summed E-state index contributed by atoms with van der Waals surface area (Å²) in [5.74, 6) is -2.92. The van der Waals surface area contributed by atoms with Gasteiger partial charge in [0.25, 0.3) is 0 Å². The lowest BCUT2D eigenvalue weighted by Crippen LogP contribution is -2.28. The van der Waals surface area contributed by atoms with Gasteiger partial charge in [-0.15, -0.1) is 0 Å². The lowest BCUT2D eigenvalue weighted by Gasteiger charge is -2.24. The van der Waals surface area contributed by atoms with Crippen LogP contribution in [0.3, 0.4) is 0 Å². The molecule has 2 N–H and O–H groups in total.